The second-order valence-corrected chi connectivity index (χ2v) is 4.32. The number of nitro groups is 1. The van der Waals surface area contributed by atoms with Gasteiger partial charge in [-0.05, 0) is 11.6 Å². The molecule has 0 bridgehead atoms. The molecule has 0 saturated heterocycles. The summed E-state index contributed by atoms with van der Waals surface area (Å²) in [6.07, 6.45) is 0. The van der Waals surface area contributed by atoms with Crippen molar-refractivity contribution in [3.05, 3.63) is 63.2 Å². The van der Waals surface area contributed by atoms with Gasteiger partial charge in [0.25, 0.3) is 5.69 Å². The average molecular weight is 269 g/mol. The molecule has 98 valence electrons. The minimum absolute atomic E-state index is 0.107. The molecule has 3 rings (SSSR count). The normalized spacial score (nSPS) is 11.9. The van der Waals surface area contributed by atoms with Crippen LogP contribution in [0.25, 0.3) is 11.1 Å². The molecule has 1 aliphatic carbocycles. The van der Waals surface area contributed by atoms with E-state index in [4.69, 9.17) is 0 Å². The average Bonchev–Trinajstić information content (AvgIpc) is 2.72. The molecule has 0 unspecified atom stereocenters. The van der Waals surface area contributed by atoms with E-state index in [0.717, 1.165) is 12.1 Å². The minimum atomic E-state index is -1.22. The van der Waals surface area contributed by atoms with E-state index >= 15 is 0 Å². The zero-order valence-corrected chi connectivity index (χ0v) is 9.99. The van der Waals surface area contributed by atoms with Gasteiger partial charge in [-0.15, -0.1) is 0 Å². The Morgan fingerprint density at radius 1 is 1.05 bits per heavy atom. The summed E-state index contributed by atoms with van der Waals surface area (Å²) in [5.74, 6) is -1.73. The van der Waals surface area contributed by atoms with Crippen LogP contribution in [0.4, 0.5) is 5.69 Å². The van der Waals surface area contributed by atoms with Crippen molar-refractivity contribution in [1.29, 1.82) is 0 Å². The Kier molecular flexibility index (Phi) is 2.40. The lowest BCUT2D eigenvalue weighted by molar-refractivity contribution is -0.385. The van der Waals surface area contributed by atoms with E-state index in [1.165, 1.54) is 6.07 Å². The molecule has 0 spiro atoms. The summed E-state index contributed by atoms with van der Waals surface area (Å²) in [4.78, 5) is 33.9. The quantitative estimate of drug-likeness (QED) is 0.569. The van der Waals surface area contributed by atoms with E-state index in [-0.39, 0.29) is 22.4 Å². The van der Waals surface area contributed by atoms with Crippen molar-refractivity contribution in [3.8, 4) is 11.1 Å². The Morgan fingerprint density at radius 2 is 1.70 bits per heavy atom. The summed E-state index contributed by atoms with van der Waals surface area (Å²) in [7, 11) is 0. The van der Waals surface area contributed by atoms with Gasteiger partial charge in [0.15, 0.2) is 0 Å². The van der Waals surface area contributed by atoms with Crippen LogP contribution < -0.4 is 0 Å². The molecule has 6 nitrogen and oxygen atoms in total. The fourth-order valence-electron chi connectivity index (χ4n) is 2.47. The zero-order valence-electron chi connectivity index (χ0n) is 9.99. The first kappa shape index (κ1) is 12.0. The molecule has 1 N–H and O–H groups in total. The molecule has 0 aromatic heterocycles. The van der Waals surface area contributed by atoms with Crippen molar-refractivity contribution in [2.75, 3.05) is 0 Å². The Morgan fingerprint density at radius 3 is 2.30 bits per heavy atom. The third-order valence-electron chi connectivity index (χ3n) is 3.28. The maximum Gasteiger partial charge on any atom is 0.336 e. The Labute approximate surface area is 112 Å². The number of benzene rings is 2. The molecular weight excluding hydrogens is 262 g/mol. The highest BCUT2D eigenvalue weighted by Crippen LogP contribution is 2.43. The Hall–Kier alpha value is -3.02. The van der Waals surface area contributed by atoms with Crippen LogP contribution >= 0.6 is 0 Å². The summed E-state index contributed by atoms with van der Waals surface area (Å²) in [6, 6.07) is 8.64. The molecule has 0 amide bonds. The van der Waals surface area contributed by atoms with Crippen molar-refractivity contribution >= 4 is 17.4 Å². The van der Waals surface area contributed by atoms with Crippen LogP contribution in [0, 0.1) is 10.1 Å². The van der Waals surface area contributed by atoms with Crippen LogP contribution in [0.5, 0.6) is 0 Å². The van der Waals surface area contributed by atoms with Crippen molar-refractivity contribution in [3.63, 3.8) is 0 Å². The van der Waals surface area contributed by atoms with E-state index in [9.17, 15) is 24.8 Å². The van der Waals surface area contributed by atoms with Gasteiger partial charge in [-0.2, -0.15) is 0 Å². The van der Waals surface area contributed by atoms with Crippen molar-refractivity contribution in [2.45, 2.75) is 0 Å². The summed E-state index contributed by atoms with van der Waals surface area (Å²) < 4.78 is 0. The molecule has 20 heavy (non-hydrogen) atoms. The van der Waals surface area contributed by atoms with Crippen LogP contribution in [0.15, 0.2) is 36.4 Å². The van der Waals surface area contributed by atoms with Crippen LogP contribution in [-0.2, 0) is 0 Å². The van der Waals surface area contributed by atoms with Gasteiger partial charge in [0.2, 0.25) is 5.78 Å². The van der Waals surface area contributed by atoms with Crippen LogP contribution in [-0.4, -0.2) is 21.8 Å². The van der Waals surface area contributed by atoms with Gasteiger partial charge in [-0.3, -0.25) is 14.9 Å². The molecule has 6 heteroatoms. The fourth-order valence-corrected chi connectivity index (χ4v) is 2.47. The van der Waals surface area contributed by atoms with Gasteiger partial charge >= 0.3 is 5.97 Å². The lowest BCUT2D eigenvalue weighted by atomic mass is 9.98. The van der Waals surface area contributed by atoms with Gasteiger partial charge in [-0.1, -0.05) is 24.3 Å². The highest BCUT2D eigenvalue weighted by Gasteiger charge is 2.36. The molecule has 0 saturated carbocycles. The number of fused-ring (bicyclic) bond motifs is 3. The fraction of sp³-hybridized carbons (Fsp3) is 0. The number of rotatable bonds is 2. The largest absolute Gasteiger partial charge is 0.478 e. The van der Waals surface area contributed by atoms with Gasteiger partial charge in [0, 0.05) is 17.2 Å². The van der Waals surface area contributed by atoms with Crippen LogP contribution in [0.2, 0.25) is 0 Å². The summed E-state index contributed by atoms with van der Waals surface area (Å²) in [5.41, 5.74) is 0.228. The second-order valence-electron chi connectivity index (χ2n) is 4.32. The van der Waals surface area contributed by atoms with Crippen LogP contribution in [0.1, 0.15) is 26.3 Å². The summed E-state index contributed by atoms with van der Waals surface area (Å²) in [6.45, 7) is 0. The molecule has 2 aromatic rings. The minimum Gasteiger partial charge on any atom is -0.478 e. The highest BCUT2D eigenvalue weighted by molar-refractivity contribution is 6.26. The number of hydrogen-bond donors (Lipinski definition) is 1. The molecular formula is C14H7NO5. The Bertz CT molecular complexity index is 794. The number of hydrogen-bond acceptors (Lipinski definition) is 4. The first-order valence-electron chi connectivity index (χ1n) is 5.71. The molecule has 0 fully saturated rings. The molecule has 0 aliphatic heterocycles. The number of carbonyl (C=O) groups excluding carboxylic acids is 1. The van der Waals surface area contributed by atoms with Gasteiger partial charge < -0.3 is 5.11 Å². The Balaban J connectivity index is 2.46. The predicted octanol–water partition coefficient (Wildman–Crippen LogP) is 2.50. The number of carboxylic acid groups (broad SMARTS) is 1. The maximum atomic E-state index is 12.3. The van der Waals surface area contributed by atoms with Gasteiger partial charge in [-0.25, -0.2) is 4.79 Å². The molecule has 0 atom stereocenters. The number of nitro benzene ring substituents is 1. The van der Waals surface area contributed by atoms with Gasteiger partial charge in [0.1, 0.15) is 5.56 Å². The number of carboxylic acids is 1. The lowest BCUT2D eigenvalue weighted by Crippen LogP contribution is -2.05. The first-order chi connectivity index (χ1) is 9.52. The summed E-state index contributed by atoms with van der Waals surface area (Å²) >= 11 is 0. The van der Waals surface area contributed by atoms with E-state index < -0.39 is 16.7 Å². The number of aromatic carboxylic acids is 1. The molecule has 1 aliphatic rings. The SMILES string of the molecule is O=C(O)c1ccc([N+](=O)[O-])c2c1-c1ccccc1C2=O. The molecule has 2 aromatic carbocycles. The zero-order chi connectivity index (χ0) is 14.4. The topological polar surface area (TPSA) is 97.5 Å². The third kappa shape index (κ3) is 1.45. The number of nitrogens with zero attached hydrogens (tertiary/aromatic N) is 1. The van der Waals surface area contributed by atoms with Gasteiger partial charge in [0.05, 0.1) is 10.5 Å². The monoisotopic (exact) mass is 269 g/mol. The first-order valence-corrected chi connectivity index (χ1v) is 5.71. The van der Waals surface area contributed by atoms with Crippen molar-refractivity contribution < 1.29 is 19.6 Å². The smallest absolute Gasteiger partial charge is 0.336 e. The molecule has 0 radical (unpaired) electrons. The highest BCUT2D eigenvalue weighted by atomic mass is 16.6. The van der Waals surface area contributed by atoms with Crippen LogP contribution in [0.3, 0.4) is 0 Å². The predicted molar refractivity (Wildman–Crippen MR) is 68.9 cm³/mol. The van der Waals surface area contributed by atoms with E-state index in [0.29, 0.717) is 11.1 Å². The maximum absolute atomic E-state index is 12.3. The van der Waals surface area contributed by atoms with E-state index in [2.05, 4.69) is 0 Å². The van der Waals surface area contributed by atoms with Crippen molar-refractivity contribution in [2.24, 2.45) is 0 Å². The standard InChI is InChI=1S/C14H7NO5/c16-13-8-4-2-1-3-7(8)11-9(14(17)18)5-6-10(12(11)13)15(19)20/h1-6H,(H,17,18). The number of carbonyl (C=O) groups is 2. The lowest BCUT2D eigenvalue weighted by Gasteiger charge is -2.05. The van der Waals surface area contributed by atoms with E-state index in [1.807, 2.05) is 0 Å². The molecule has 0 heterocycles. The van der Waals surface area contributed by atoms with Crippen molar-refractivity contribution in [1.82, 2.24) is 0 Å². The third-order valence-corrected chi connectivity index (χ3v) is 3.28. The van der Waals surface area contributed by atoms with E-state index in [1.54, 1.807) is 18.2 Å². The number of ketones is 1. The summed E-state index contributed by atoms with van der Waals surface area (Å²) in [5, 5.41) is 20.3. The second kappa shape index (κ2) is 3.99.